The lowest BCUT2D eigenvalue weighted by Crippen LogP contribution is -2.43. The third kappa shape index (κ3) is 4.76. The lowest BCUT2D eigenvalue weighted by atomic mass is 9.94. The smallest absolute Gasteiger partial charge is 0.387 e. The molecule has 36 heavy (non-hydrogen) atoms. The number of benzene rings is 1. The van der Waals surface area contributed by atoms with Crippen LogP contribution in [0.1, 0.15) is 78.4 Å². The molecule has 7 nitrogen and oxygen atoms in total. The number of piperidine rings is 1. The molecule has 1 saturated heterocycles. The first kappa shape index (κ1) is 24.5. The molecule has 11 heteroatoms. The van der Waals surface area contributed by atoms with Crippen LogP contribution in [-0.2, 0) is 15.8 Å². The number of nitrogens with zero attached hydrogens (tertiary/aromatic N) is 5. The van der Waals surface area contributed by atoms with Crippen molar-refractivity contribution in [3.8, 4) is 0 Å². The Bertz CT molecular complexity index is 1270. The van der Waals surface area contributed by atoms with Gasteiger partial charge in [-0.3, -0.25) is 4.79 Å². The Kier molecular flexibility index (Phi) is 6.59. The van der Waals surface area contributed by atoms with E-state index in [0.717, 1.165) is 28.0 Å². The molecule has 190 valence electrons. The standard InChI is InChI=1S/C25H26F3N5O2S/c1-3-23(34)32-10-9-17(12-22(32)33-15(2)11-21(30-33)25(26,27)28)24-29-19(14-36-24)18-13-20(35-31-18)16-7-5-4-6-8-16/h4-8,11,14,17,20,22H,3,9-10,12-13H2,1-2H3/t17?,20-,22?/m1/s1. The molecule has 0 bridgehead atoms. The zero-order valence-corrected chi connectivity index (χ0v) is 20.7. The van der Waals surface area contributed by atoms with E-state index in [1.54, 1.807) is 18.7 Å². The van der Waals surface area contributed by atoms with E-state index >= 15 is 0 Å². The molecule has 2 unspecified atom stereocenters. The Labute approximate surface area is 210 Å². The van der Waals surface area contributed by atoms with Gasteiger partial charge in [0, 0.05) is 36.4 Å². The van der Waals surface area contributed by atoms with Crippen molar-refractivity contribution in [2.24, 2.45) is 5.16 Å². The van der Waals surface area contributed by atoms with E-state index in [4.69, 9.17) is 9.82 Å². The first-order valence-electron chi connectivity index (χ1n) is 11.9. The van der Waals surface area contributed by atoms with Gasteiger partial charge in [-0.05, 0) is 31.4 Å². The van der Waals surface area contributed by atoms with Crippen molar-refractivity contribution >= 4 is 23.0 Å². The van der Waals surface area contributed by atoms with Gasteiger partial charge in [0.15, 0.2) is 11.8 Å². The fourth-order valence-corrected chi connectivity index (χ4v) is 5.78. The fraction of sp³-hybridized carbons (Fsp3) is 0.440. The summed E-state index contributed by atoms with van der Waals surface area (Å²) in [5.74, 6) is -0.119. The van der Waals surface area contributed by atoms with Gasteiger partial charge < -0.3 is 9.74 Å². The summed E-state index contributed by atoms with van der Waals surface area (Å²) in [6.45, 7) is 3.77. The molecular formula is C25H26F3N5O2S. The Morgan fingerprint density at radius 1 is 1.25 bits per heavy atom. The highest BCUT2D eigenvalue weighted by Crippen LogP contribution is 2.40. The highest BCUT2D eigenvalue weighted by Gasteiger charge is 2.39. The quantitative estimate of drug-likeness (QED) is 0.426. The van der Waals surface area contributed by atoms with E-state index in [-0.39, 0.29) is 24.3 Å². The van der Waals surface area contributed by atoms with Crippen LogP contribution in [0.25, 0.3) is 0 Å². The van der Waals surface area contributed by atoms with Gasteiger partial charge in [0.1, 0.15) is 11.9 Å². The Morgan fingerprint density at radius 2 is 2.03 bits per heavy atom. The van der Waals surface area contributed by atoms with Crippen LogP contribution in [0.5, 0.6) is 0 Å². The number of hydrogen-bond donors (Lipinski definition) is 0. The van der Waals surface area contributed by atoms with Gasteiger partial charge in [0.2, 0.25) is 5.91 Å². The number of rotatable bonds is 5. The predicted octanol–water partition coefficient (Wildman–Crippen LogP) is 5.85. The maximum atomic E-state index is 13.3. The molecule has 1 fully saturated rings. The summed E-state index contributed by atoms with van der Waals surface area (Å²) in [6.07, 6.45) is -3.29. The summed E-state index contributed by atoms with van der Waals surface area (Å²) in [7, 11) is 0. The minimum absolute atomic E-state index is 0.0135. The second-order valence-corrected chi connectivity index (χ2v) is 9.96. The van der Waals surface area contributed by atoms with Crippen molar-refractivity contribution in [3.63, 3.8) is 0 Å². The predicted molar refractivity (Wildman–Crippen MR) is 129 cm³/mol. The lowest BCUT2D eigenvalue weighted by molar-refractivity contribution is -0.142. The van der Waals surface area contributed by atoms with E-state index in [1.165, 1.54) is 16.0 Å². The number of carbonyl (C=O) groups excluding carboxylic acids is 1. The van der Waals surface area contributed by atoms with E-state index < -0.39 is 18.0 Å². The summed E-state index contributed by atoms with van der Waals surface area (Å²) in [5.41, 5.74) is 2.00. The van der Waals surface area contributed by atoms with Crippen LogP contribution in [0.15, 0.2) is 46.9 Å². The van der Waals surface area contributed by atoms with E-state index in [9.17, 15) is 18.0 Å². The minimum atomic E-state index is -4.55. The zero-order valence-electron chi connectivity index (χ0n) is 19.9. The molecule has 2 aromatic heterocycles. The van der Waals surface area contributed by atoms with E-state index in [2.05, 4.69) is 10.3 Å². The molecule has 1 amide bonds. The van der Waals surface area contributed by atoms with Crippen molar-refractivity contribution in [1.29, 1.82) is 0 Å². The van der Waals surface area contributed by atoms with Crippen molar-refractivity contribution < 1.29 is 22.8 Å². The van der Waals surface area contributed by atoms with E-state index in [0.29, 0.717) is 31.5 Å². The number of halogens is 3. The molecule has 5 rings (SSSR count). The van der Waals surface area contributed by atoms with Crippen LogP contribution in [0.4, 0.5) is 13.2 Å². The maximum absolute atomic E-state index is 13.3. The van der Waals surface area contributed by atoms with Crippen LogP contribution in [0, 0.1) is 6.92 Å². The topological polar surface area (TPSA) is 72.6 Å². The van der Waals surface area contributed by atoms with Gasteiger partial charge >= 0.3 is 6.18 Å². The highest BCUT2D eigenvalue weighted by atomic mass is 32.1. The van der Waals surface area contributed by atoms with Gasteiger partial charge in [-0.2, -0.15) is 18.3 Å². The van der Waals surface area contributed by atoms with Gasteiger partial charge in [0.25, 0.3) is 0 Å². The second kappa shape index (κ2) is 9.68. The average molecular weight is 518 g/mol. The monoisotopic (exact) mass is 517 g/mol. The summed E-state index contributed by atoms with van der Waals surface area (Å²) >= 11 is 1.51. The average Bonchev–Trinajstić information content (AvgIpc) is 3.63. The number of aryl methyl sites for hydroxylation is 1. The molecule has 0 spiro atoms. The highest BCUT2D eigenvalue weighted by molar-refractivity contribution is 7.10. The summed E-state index contributed by atoms with van der Waals surface area (Å²) in [6, 6.07) is 10.9. The molecule has 1 aromatic carbocycles. The van der Waals surface area contributed by atoms with Gasteiger partial charge in [-0.15, -0.1) is 11.3 Å². The Balaban J connectivity index is 1.35. The van der Waals surface area contributed by atoms with Gasteiger partial charge in [0.05, 0.1) is 10.7 Å². The molecule has 0 N–H and O–H groups in total. The summed E-state index contributed by atoms with van der Waals surface area (Å²) < 4.78 is 41.3. The molecule has 3 aromatic rings. The maximum Gasteiger partial charge on any atom is 0.435 e. The van der Waals surface area contributed by atoms with Crippen molar-refractivity contribution in [2.45, 2.75) is 63.9 Å². The van der Waals surface area contributed by atoms with Crippen LogP contribution < -0.4 is 0 Å². The Morgan fingerprint density at radius 3 is 2.72 bits per heavy atom. The van der Waals surface area contributed by atoms with Crippen LogP contribution in [-0.4, -0.2) is 37.8 Å². The molecule has 0 radical (unpaired) electrons. The summed E-state index contributed by atoms with van der Waals surface area (Å²) in [4.78, 5) is 24.8. The number of alkyl halides is 3. The first-order chi connectivity index (χ1) is 17.2. The van der Waals surface area contributed by atoms with Crippen molar-refractivity contribution in [3.05, 3.63) is 69.4 Å². The molecular weight excluding hydrogens is 491 g/mol. The number of hydrogen-bond acceptors (Lipinski definition) is 6. The lowest BCUT2D eigenvalue weighted by Gasteiger charge is -2.39. The van der Waals surface area contributed by atoms with Crippen molar-refractivity contribution in [1.82, 2.24) is 19.7 Å². The van der Waals surface area contributed by atoms with Gasteiger partial charge in [-0.25, -0.2) is 9.67 Å². The number of amides is 1. The first-order valence-corrected chi connectivity index (χ1v) is 12.8. The minimum Gasteiger partial charge on any atom is -0.387 e. The van der Waals surface area contributed by atoms with Crippen LogP contribution in [0.3, 0.4) is 0 Å². The molecule has 0 saturated carbocycles. The molecule has 4 heterocycles. The molecule has 2 aliphatic heterocycles. The number of aromatic nitrogens is 3. The van der Waals surface area contributed by atoms with Crippen molar-refractivity contribution in [2.75, 3.05) is 6.54 Å². The number of oxime groups is 1. The van der Waals surface area contributed by atoms with Crippen LogP contribution >= 0.6 is 11.3 Å². The number of carbonyl (C=O) groups is 1. The largest absolute Gasteiger partial charge is 0.435 e. The SMILES string of the molecule is CCC(=O)N1CCC(c2nc(C3=NO[C@@H](c4ccccc4)C3)cs2)CC1n1nc(C(F)(F)F)cc1C. The molecule has 3 atom stereocenters. The number of likely N-dealkylation sites (tertiary alicyclic amines) is 1. The number of thiazole rings is 1. The van der Waals surface area contributed by atoms with E-state index in [1.807, 2.05) is 35.7 Å². The molecule has 0 aliphatic carbocycles. The van der Waals surface area contributed by atoms with Gasteiger partial charge in [-0.1, -0.05) is 42.4 Å². The zero-order chi connectivity index (χ0) is 25.4. The Hall–Kier alpha value is -3.21. The third-order valence-corrected chi connectivity index (χ3v) is 7.71. The summed E-state index contributed by atoms with van der Waals surface area (Å²) in [5, 5.41) is 10.9. The van der Waals surface area contributed by atoms with Crippen LogP contribution in [0.2, 0.25) is 0 Å². The molecule has 2 aliphatic rings. The normalized spacial score (nSPS) is 22.4. The fourth-order valence-electron chi connectivity index (χ4n) is 4.80. The second-order valence-electron chi connectivity index (χ2n) is 9.07. The third-order valence-electron chi connectivity index (χ3n) is 6.70.